The topological polar surface area (TPSA) is 81.6 Å². The van der Waals surface area contributed by atoms with Crippen LogP contribution in [0.1, 0.15) is 12.1 Å². The highest BCUT2D eigenvalue weighted by Gasteiger charge is 2.18. The summed E-state index contributed by atoms with van der Waals surface area (Å²) in [6, 6.07) is 7.85. The first kappa shape index (κ1) is 20.0. The van der Waals surface area contributed by atoms with Crippen molar-refractivity contribution in [3.8, 4) is 0 Å². The summed E-state index contributed by atoms with van der Waals surface area (Å²) in [7, 11) is 1.81. The number of piperazine rings is 1. The monoisotopic (exact) mass is 382 g/mol. The first-order chi connectivity index (χ1) is 13.8. The fourth-order valence-electron chi connectivity index (χ4n) is 3.21. The van der Waals surface area contributed by atoms with Crippen molar-refractivity contribution in [1.29, 1.82) is 0 Å². The van der Waals surface area contributed by atoms with Gasteiger partial charge in [-0.15, -0.1) is 0 Å². The van der Waals surface area contributed by atoms with Crippen molar-refractivity contribution in [2.45, 2.75) is 12.8 Å². The Labute approximate surface area is 167 Å². The maximum absolute atomic E-state index is 4.34. The summed E-state index contributed by atoms with van der Waals surface area (Å²) in [6.45, 7) is 6.87. The number of nitrogens with zero attached hydrogens (tertiary/aromatic N) is 6. The standard InChI is InChI=1S/C20H30N8/c1-21-19(24-12-7-18-6-2-3-8-22-18)23-11-5-13-27-14-16-28(17-15-27)20-25-9-4-10-26-20/h2-4,6,8-10H,5,7,11-17H2,1H3,(H2,21,23,24). The molecule has 1 saturated heterocycles. The molecule has 2 N–H and O–H groups in total. The molecule has 0 bridgehead atoms. The van der Waals surface area contributed by atoms with Crippen LogP contribution in [-0.4, -0.2) is 78.7 Å². The zero-order chi connectivity index (χ0) is 19.4. The predicted octanol–water partition coefficient (Wildman–Crippen LogP) is 0.791. The lowest BCUT2D eigenvalue weighted by Crippen LogP contribution is -2.47. The van der Waals surface area contributed by atoms with E-state index in [1.54, 1.807) is 19.4 Å². The van der Waals surface area contributed by atoms with Crippen molar-refractivity contribution >= 4 is 11.9 Å². The number of hydrogen-bond acceptors (Lipinski definition) is 6. The van der Waals surface area contributed by atoms with Gasteiger partial charge >= 0.3 is 0 Å². The van der Waals surface area contributed by atoms with Gasteiger partial charge in [-0.3, -0.25) is 14.9 Å². The molecule has 0 unspecified atom stereocenters. The molecule has 8 nitrogen and oxygen atoms in total. The van der Waals surface area contributed by atoms with Crippen LogP contribution in [0.25, 0.3) is 0 Å². The smallest absolute Gasteiger partial charge is 0.225 e. The van der Waals surface area contributed by atoms with Crippen LogP contribution >= 0.6 is 0 Å². The highest BCUT2D eigenvalue weighted by Crippen LogP contribution is 2.09. The van der Waals surface area contributed by atoms with Gasteiger partial charge in [-0.25, -0.2) is 9.97 Å². The van der Waals surface area contributed by atoms with Gasteiger partial charge in [0.25, 0.3) is 0 Å². The van der Waals surface area contributed by atoms with Crippen molar-refractivity contribution < 1.29 is 0 Å². The quantitative estimate of drug-likeness (QED) is 0.397. The lowest BCUT2D eigenvalue weighted by atomic mass is 10.3. The molecule has 0 aliphatic carbocycles. The summed E-state index contributed by atoms with van der Waals surface area (Å²) < 4.78 is 0. The van der Waals surface area contributed by atoms with Crippen LogP contribution in [0.4, 0.5) is 5.95 Å². The fourth-order valence-corrected chi connectivity index (χ4v) is 3.21. The van der Waals surface area contributed by atoms with Crippen LogP contribution in [0.3, 0.4) is 0 Å². The lowest BCUT2D eigenvalue weighted by Gasteiger charge is -2.34. The Kier molecular flexibility index (Phi) is 7.99. The van der Waals surface area contributed by atoms with E-state index in [0.717, 1.165) is 76.3 Å². The van der Waals surface area contributed by atoms with E-state index in [9.17, 15) is 0 Å². The minimum Gasteiger partial charge on any atom is -0.356 e. The third-order valence-electron chi connectivity index (χ3n) is 4.77. The summed E-state index contributed by atoms with van der Waals surface area (Å²) in [4.78, 5) is 22.0. The van der Waals surface area contributed by atoms with E-state index >= 15 is 0 Å². The van der Waals surface area contributed by atoms with E-state index in [1.165, 1.54) is 0 Å². The number of guanidine groups is 1. The van der Waals surface area contributed by atoms with Gasteiger partial charge < -0.3 is 15.5 Å². The van der Waals surface area contributed by atoms with E-state index in [1.807, 2.05) is 30.5 Å². The van der Waals surface area contributed by atoms with E-state index in [0.29, 0.717) is 0 Å². The molecular weight excluding hydrogens is 352 g/mol. The van der Waals surface area contributed by atoms with Gasteiger partial charge in [-0.1, -0.05) is 6.07 Å². The molecule has 0 saturated carbocycles. The van der Waals surface area contributed by atoms with Gasteiger partial charge in [0.05, 0.1) is 0 Å². The molecule has 3 rings (SSSR count). The molecule has 3 heterocycles. The Morgan fingerprint density at radius 1 is 0.964 bits per heavy atom. The third-order valence-corrected chi connectivity index (χ3v) is 4.77. The van der Waals surface area contributed by atoms with Crippen LogP contribution in [0, 0.1) is 0 Å². The van der Waals surface area contributed by atoms with Gasteiger partial charge in [0.15, 0.2) is 5.96 Å². The minimum absolute atomic E-state index is 0.820. The number of pyridine rings is 1. The van der Waals surface area contributed by atoms with Crippen molar-refractivity contribution in [1.82, 2.24) is 30.5 Å². The summed E-state index contributed by atoms with van der Waals surface area (Å²) in [5, 5.41) is 6.74. The van der Waals surface area contributed by atoms with Gasteiger partial charge in [0.1, 0.15) is 0 Å². The Balaban J connectivity index is 1.27. The second kappa shape index (κ2) is 11.2. The Morgan fingerprint density at radius 3 is 2.43 bits per heavy atom. The molecule has 0 atom stereocenters. The molecule has 1 aliphatic rings. The molecule has 0 spiro atoms. The van der Waals surface area contributed by atoms with E-state index in [-0.39, 0.29) is 0 Å². The van der Waals surface area contributed by atoms with Crippen molar-refractivity contribution in [2.24, 2.45) is 4.99 Å². The fraction of sp³-hybridized carbons (Fsp3) is 0.500. The average molecular weight is 383 g/mol. The molecule has 28 heavy (non-hydrogen) atoms. The number of nitrogens with one attached hydrogen (secondary N) is 2. The van der Waals surface area contributed by atoms with Gasteiger partial charge in [0, 0.05) is 77.0 Å². The van der Waals surface area contributed by atoms with Crippen molar-refractivity contribution in [2.75, 3.05) is 57.8 Å². The molecule has 150 valence electrons. The Hall–Kier alpha value is -2.74. The van der Waals surface area contributed by atoms with Crippen LogP contribution in [-0.2, 0) is 6.42 Å². The van der Waals surface area contributed by atoms with Crippen molar-refractivity contribution in [3.63, 3.8) is 0 Å². The lowest BCUT2D eigenvalue weighted by molar-refractivity contribution is 0.254. The van der Waals surface area contributed by atoms with E-state index < -0.39 is 0 Å². The average Bonchev–Trinajstić information content (AvgIpc) is 2.77. The molecule has 2 aromatic rings. The van der Waals surface area contributed by atoms with Crippen LogP contribution < -0.4 is 15.5 Å². The minimum atomic E-state index is 0.820. The molecule has 8 heteroatoms. The number of aromatic nitrogens is 3. The van der Waals surface area contributed by atoms with E-state index in [2.05, 4.69) is 40.4 Å². The van der Waals surface area contributed by atoms with Crippen LogP contribution in [0.2, 0.25) is 0 Å². The third kappa shape index (κ3) is 6.45. The molecule has 1 aliphatic heterocycles. The van der Waals surface area contributed by atoms with Gasteiger partial charge in [0.2, 0.25) is 5.95 Å². The first-order valence-electron chi connectivity index (χ1n) is 9.94. The largest absolute Gasteiger partial charge is 0.356 e. The number of anilines is 1. The molecule has 0 radical (unpaired) electrons. The SMILES string of the molecule is CN=C(NCCCN1CCN(c2ncccn2)CC1)NCCc1ccccn1. The number of rotatable bonds is 8. The van der Waals surface area contributed by atoms with Gasteiger partial charge in [-0.2, -0.15) is 0 Å². The summed E-state index contributed by atoms with van der Waals surface area (Å²) in [5.41, 5.74) is 1.09. The Bertz CT molecular complexity index is 699. The molecule has 1 fully saturated rings. The van der Waals surface area contributed by atoms with Crippen molar-refractivity contribution in [3.05, 3.63) is 48.5 Å². The second-order valence-corrected chi connectivity index (χ2v) is 6.73. The van der Waals surface area contributed by atoms with Crippen LogP contribution in [0.5, 0.6) is 0 Å². The first-order valence-corrected chi connectivity index (χ1v) is 9.94. The number of aliphatic imine (C=N–C) groups is 1. The highest BCUT2D eigenvalue weighted by atomic mass is 15.3. The molecule has 2 aromatic heterocycles. The van der Waals surface area contributed by atoms with Gasteiger partial charge in [-0.05, 0) is 31.2 Å². The predicted molar refractivity (Wildman–Crippen MR) is 113 cm³/mol. The molecular formula is C20H30N8. The highest BCUT2D eigenvalue weighted by molar-refractivity contribution is 5.79. The zero-order valence-electron chi connectivity index (χ0n) is 16.6. The van der Waals surface area contributed by atoms with Crippen LogP contribution in [0.15, 0.2) is 47.8 Å². The second-order valence-electron chi connectivity index (χ2n) is 6.73. The summed E-state index contributed by atoms with van der Waals surface area (Å²) in [6.07, 6.45) is 7.41. The maximum atomic E-state index is 4.34. The normalized spacial score (nSPS) is 15.5. The maximum Gasteiger partial charge on any atom is 0.225 e. The Morgan fingerprint density at radius 2 is 1.71 bits per heavy atom. The summed E-state index contributed by atoms with van der Waals surface area (Å²) >= 11 is 0. The zero-order valence-corrected chi connectivity index (χ0v) is 16.6. The molecule has 0 aromatic carbocycles. The summed E-state index contributed by atoms with van der Waals surface area (Å²) in [5.74, 6) is 1.69. The molecule has 0 amide bonds. The number of hydrogen-bond donors (Lipinski definition) is 2. The van der Waals surface area contributed by atoms with E-state index in [4.69, 9.17) is 0 Å².